The van der Waals surface area contributed by atoms with Crippen LogP contribution in [0.4, 0.5) is 0 Å². The summed E-state index contributed by atoms with van der Waals surface area (Å²) in [5.41, 5.74) is 6.00. The second kappa shape index (κ2) is 7.63. The second-order valence-electron chi connectivity index (χ2n) is 6.92. The van der Waals surface area contributed by atoms with E-state index in [1.165, 1.54) is 35.2 Å². The molecule has 2 nitrogen and oxygen atoms in total. The maximum atomic E-state index is 12.6. The SMILES string of the molecule is O=C(C=CC1=C(N2CCCC2)CCc2ccccc21)c1ccc(Br)cc1. The van der Waals surface area contributed by atoms with Crippen LogP contribution in [0.1, 0.15) is 40.7 Å². The molecule has 0 spiro atoms. The minimum absolute atomic E-state index is 0.0498. The predicted octanol–water partition coefficient (Wildman–Crippen LogP) is 5.64. The van der Waals surface area contributed by atoms with Gasteiger partial charge in [0.1, 0.15) is 0 Å². The first-order valence-corrected chi connectivity index (χ1v) is 10.1. The lowest BCUT2D eigenvalue weighted by molar-refractivity contribution is 0.104. The van der Waals surface area contributed by atoms with Crippen LogP contribution < -0.4 is 0 Å². The lowest BCUT2D eigenvalue weighted by atomic mass is 9.87. The quantitative estimate of drug-likeness (QED) is 0.482. The van der Waals surface area contributed by atoms with Crippen molar-refractivity contribution in [2.24, 2.45) is 0 Å². The average Bonchev–Trinajstić information content (AvgIpc) is 3.21. The largest absolute Gasteiger partial charge is 0.374 e. The highest BCUT2D eigenvalue weighted by atomic mass is 79.9. The molecule has 2 aromatic carbocycles. The fourth-order valence-electron chi connectivity index (χ4n) is 3.92. The molecule has 1 heterocycles. The fourth-order valence-corrected chi connectivity index (χ4v) is 4.18. The van der Waals surface area contributed by atoms with Crippen molar-refractivity contribution in [2.45, 2.75) is 25.7 Å². The molecule has 0 atom stereocenters. The summed E-state index contributed by atoms with van der Waals surface area (Å²) in [6.07, 6.45) is 8.44. The van der Waals surface area contributed by atoms with Gasteiger partial charge >= 0.3 is 0 Å². The molecule has 1 fully saturated rings. The second-order valence-corrected chi connectivity index (χ2v) is 7.83. The van der Waals surface area contributed by atoms with Gasteiger partial charge in [-0.05, 0) is 73.2 Å². The van der Waals surface area contributed by atoms with E-state index in [1.54, 1.807) is 6.08 Å². The third-order valence-electron chi connectivity index (χ3n) is 5.27. The number of hydrogen-bond donors (Lipinski definition) is 0. The first-order valence-electron chi connectivity index (χ1n) is 9.27. The molecule has 2 aromatic rings. The van der Waals surface area contributed by atoms with Gasteiger partial charge in [-0.15, -0.1) is 0 Å². The van der Waals surface area contributed by atoms with Crippen molar-refractivity contribution in [1.29, 1.82) is 0 Å². The first kappa shape index (κ1) is 17.3. The number of rotatable bonds is 4. The Morgan fingerprint density at radius 2 is 1.69 bits per heavy atom. The van der Waals surface area contributed by atoms with E-state index in [2.05, 4.69) is 45.1 Å². The van der Waals surface area contributed by atoms with Crippen LogP contribution in [0.15, 0.2) is 70.9 Å². The van der Waals surface area contributed by atoms with Crippen molar-refractivity contribution in [3.63, 3.8) is 0 Å². The van der Waals surface area contributed by atoms with Crippen LogP contribution in [0.2, 0.25) is 0 Å². The van der Waals surface area contributed by atoms with E-state index in [-0.39, 0.29) is 5.78 Å². The van der Waals surface area contributed by atoms with E-state index in [0.29, 0.717) is 0 Å². The number of likely N-dealkylation sites (tertiary alicyclic amines) is 1. The van der Waals surface area contributed by atoms with Crippen molar-refractivity contribution < 1.29 is 4.79 Å². The van der Waals surface area contributed by atoms with Gasteiger partial charge in [0.15, 0.2) is 5.78 Å². The molecule has 1 aliphatic heterocycles. The number of fused-ring (bicyclic) bond motifs is 1. The number of ketones is 1. The summed E-state index contributed by atoms with van der Waals surface area (Å²) < 4.78 is 0.985. The molecule has 4 rings (SSSR count). The van der Waals surface area contributed by atoms with Crippen molar-refractivity contribution in [3.8, 4) is 0 Å². The highest BCUT2D eigenvalue weighted by Gasteiger charge is 2.23. The predicted molar refractivity (Wildman–Crippen MR) is 110 cm³/mol. The maximum absolute atomic E-state index is 12.6. The van der Waals surface area contributed by atoms with Crippen LogP contribution in [-0.2, 0) is 6.42 Å². The van der Waals surface area contributed by atoms with Crippen molar-refractivity contribution in [2.75, 3.05) is 13.1 Å². The van der Waals surface area contributed by atoms with Gasteiger partial charge in [-0.3, -0.25) is 4.79 Å². The molecule has 0 aromatic heterocycles. The van der Waals surface area contributed by atoms with E-state index in [9.17, 15) is 4.79 Å². The molecule has 0 saturated carbocycles. The topological polar surface area (TPSA) is 20.3 Å². The maximum Gasteiger partial charge on any atom is 0.185 e. The van der Waals surface area contributed by atoms with Crippen LogP contribution in [-0.4, -0.2) is 23.8 Å². The smallest absolute Gasteiger partial charge is 0.185 e. The standard InChI is InChI=1S/C23H22BrNO/c24-19-10-7-18(8-11-19)23(26)14-12-21-20-6-2-1-5-17(20)9-13-22(21)25-15-3-4-16-25/h1-2,5-8,10-12,14H,3-4,9,13,15-16H2. The third-order valence-corrected chi connectivity index (χ3v) is 5.80. The van der Waals surface area contributed by atoms with E-state index < -0.39 is 0 Å². The fraction of sp³-hybridized carbons (Fsp3) is 0.261. The molecule has 0 bridgehead atoms. The van der Waals surface area contributed by atoms with Gasteiger partial charge in [0.25, 0.3) is 0 Å². The van der Waals surface area contributed by atoms with Crippen molar-refractivity contribution >= 4 is 27.3 Å². The number of allylic oxidation sites excluding steroid dienone is 4. The Hall–Kier alpha value is -2.13. The Morgan fingerprint density at radius 3 is 2.46 bits per heavy atom. The number of benzene rings is 2. The van der Waals surface area contributed by atoms with E-state index in [1.807, 2.05) is 30.3 Å². The molecular formula is C23H22BrNO. The zero-order valence-electron chi connectivity index (χ0n) is 14.7. The molecule has 0 amide bonds. The van der Waals surface area contributed by atoms with Gasteiger partial charge in [0.2, 0.25) is 0 Å². The van der Waals surface area contributed by atoms with Crippen LogP contribution in [0, 0.1) is 0 Å². The summed E-state index contributed by atoms with van der Waals surface area (Å²) in [6.45, 7) is 2.27. The molecule has 26 heavy (non-hydrogen) atoms. The van der Waals surface area contributed by atoms with Gasteiger partial charge < -0.3 is 4.90 Å². The van der Waals surface area contributed by atoms with E-state index >= 15 is 0 Å². The Balaban J connectivity index is 1.69. The number of nitrogens with zero attached hydrogens (tertiary/aromatic N) is 1. The summed E-state index contributed by atoms with van der Waals surface area (Å²) in [7, 11) is 0. The minimum atomic E-state index is 0.0498. The van der Waals surface area contributed by atoms with Crippen LogP contribution in [0.3, 0.4) is 0 Å². The number of carbonyl (C=O) groups is 1. The van der Waals surface area contributed by atoms with Crippen molar-refractivity contribution in [1.82, 2.24) is 4.90 Å². The van der Waals surface area contributed by atoms with Crippen molar-refractivity contribution in [3.05, 3.63) is 87.5 Å². The van der Waals surface area contributed by atoms with Gasteiger partial charge in [-0.1, -0.05) is 40.2 Å². The number of halogens is 1. The van der Waals surface area contributed by atoms with Gasteiger partial charge in [-0.2, -0.15) is 0 Å². The molecule has 1 aliphatic carbocycles. The Kier molecular flexibility index (Phi) is 5.07. The van der Waals surface area contributed by atoms with E-state index in [0.717, 1.165) is 36.0 Å². The minimum Gasteiger partial charge on any atom is -0.374 e. The number of aryl methyl sites for hydroxylation is 1. The number of carbonyl (C=O) groups excluding carboxylic acids is 1. The third kappa shape index (κ3) is 3.54. The first-order chi connectivity index (χ1) is 12.7. The molecule has 2 aliphatic rings. The van der Waals surface area contributed by atoms with Gasteiger partial charge in [0, 0.05) is 34.4 Å². The Labute approximate surface area is 163 Å². The Bertz CT molecular complexity index is 873. The van der Waals surface area contributed by atoms with Gasteiger partial charge in [0.05, 0.1) is 0 Å². The van der Waals surface area contributed by atoms with Crippen LogP contribution >= 0.6 is 15.9 Å². The lowest BCUT2D eigenvalue weighted by Crippen LogP contribution is -2.22. The Morgan fingerprint density at radius 1 is 0.962 bits per heavy atom. The van der Waals surface area contributed by atoms with Gasteiger partial charge in [-0.25, -0.2) is 0 Å². The number of hydrogen-bond acceptors (Lipinski definition) is 2. The summed E-state index contributed by atoms with van der Waals surface area (Å²) in [5.74, 6) is 0.0498. The molecule has 3 heteroatoms. The summed E-state index contributed by atoms with van der Waals surface area (Å²) in [4.78, 5) is 15.1. The monoisotopic (exact) mass is 407 g/mol. The highest BCUT2D eigenvalue weighted by molar-refractivity contribution is 9.10. The summed E-state index contributed by atoms with van der Waals surface area (Å²) >= 11 is 3.42. The summed E-state index contributed by atoms with van der Waals surface area (Å²) in [6, 6.07) is 16.1. The molecule has 0 unspecified atom stereocenters. The lowest BCUT2D eigenvalue weighted by Gasteiger charge is -2.29. The zero-order chi connectivity index (χ0) is 17.9. The van der Waals surface area contributed by atoms with Crippen LogP contribution in [0.5, 0.6) is 0 Å². The molecular weight excluding hydrogens is 386 g/mol. The molecule has 0 radical (unpaired) electrons. The van der Waals surface area contributed by atoms with Crippen LogP contribution in [0.25, 0.3) is 5.57 Å². The zero-order valence-corrected chi connectivity index (χ0v) is 16.3. The average molecular weight is 408 g/mol. The molecule has 0 N–H and O–H groups in total. The normalized spacial score (nSPS) is 17.0. The highest BCUT2D eigenvalue weighted by Crippen LogP contribution is 2.35. The molecule has 1 saturated heterocycles. The van der Waals surface area contributed by atoms with E-state index in [4.69, 9.17) is 0 Å². The summed E-state index contributed by atoms with van der Waals surface area (Å²) in [5, 5.41) is 0. The molecule has 132 valence electrons.